The number of nitrogens with zero attached hydrogens (tertiary/aromatic N) is 1. The zero-order valence-corrected chi connectivity index (χ0v) is 8.26. The average molecular weight is 230 g/mol. The van der Waals surface area contributed by atoms with E-state index < -0.39 is 29.1 Å². The summed E-state index contributed by atoms with van der Waals surface area (Å²) in [6.45, 7) is -0.393. The fourth-order valence-corrected chi connectivity index (χ4v) is 1.06. The molecule has 1 rings (SSSR count). The molecule has 0 fully saturated rings. The van der Waals surface area contributed by atoms with Crippen LogP contribution in [-0.4, -0.2) is 34.4 Å². The Kier molecular flexibility index (Phi) is 4.15. The van der Waals surface area contributed by atoms with Crippen LogP contribution in [0.1, 0.15) is 0 Å². The van der Waals surface area contributed by atoms with E-state index in [4.69, 9.17) is 10.2 Å². The van der Waals surface area contributed by atoms with Crippen molar-refractivity contribution in [3.05, 3.63) is 34.1 Å². The second-order valence-electron chi connectivity index (χ2n) is 3.14. The second kappa shape index (κ2) is 5.38. The van der Waals surface area contributed by atoms with Crippen molar-refractivity contribution < 1.29 is 19.5 Å². The van der Waals surface area contributed by atoms with Crippen molar-refractivity contribution in [1.82, 2.24) is 0 Å². The first kappa shape index (κ1) is 12.3. The van der Waals surface area contributed by atoms with E-state index in [1.54, 1.807) is 0 Å². The van der Waals surface area contributed by atoms with Crippen molar-refractivity contribution in [3.8, 4) is 0 Å². The summed E-state index contributed by atoms with van der Waals surface area (Å²) in [5.74, 6) is -0.918. The topological polar surface area (TPSA) is 95.6 Å². The van der Waals surface area contributed by atoms with Gasteiger partial charge in [0.15, 0.2) is 0 Å². The van der Waals surface area contributed by atoms with Crippen molar-refractivity contribution in [3.63, 3.8) is 0 Å². The van der Waals surface area contributed by atoms with Gasteiger partial charge in [-0.2, -0.15) is 4.39 Å². The van der Waals surface area contributed by atoms with Gasteiger partial charge in [-0.25, -0.2) is 0 Å². The molecule has 1 aromatic carbocycles. The monoisotopic (exact) mass is 230 g/mol. The van der Waals surface area contributed by atoms with Crippen molar-refractivity contribution in [1.29, 1.82) is 0 Å². The molecule has 6 nitrogen and oxygen atoms in total. The Balaban J connectivity index is 2.75. The summed E-state index contributed by atoms with van der Waals surface area (Å²) in [7, 11) is 0. The molecule has 7 heteroatoms. The molecule has 16 heavy (non-hydrogen) atoms. The van der Waals surface area contributed by atoms with Crippen molar-refractivity contribution >= 4 is 11.4 Å². The Hall–Kier alpha value is -1.73. The predicted molar refractivity (Wildman–Crippen MR) is 54.6 cm³/mol. The first-order valence-electron chi connectivity index (χ1n) is 4.51. The van der Waals surface area contributed by atoms with Gasteiger partial charge in [0, 0.05) is 18.3 Å². The van der Waals surface area contributed by atoms with E-state index in [1.165, 1.54) is 6.07 Å². The maximum absolute atomic E-state index is 12.9. The molecular formula is C9H11FN2O4. The van der Waals surface area contributed by atoms with Crippen LogP contribution in [0.2, 0.25) is 0 Å². The van der Waals surface area contributed by atoms with Crippen LogP contribution in [0, 0.1) is 15.9 Å². The molecule has 1 unspecified atom stereocenters. The van der Waals surface area contributed by atoms with E-state index in [0.717, 1.165) is 12.1 Å². The van der Waals surface area contributed by atoms with Crippen LogP contribution >= 0.6 is 0 Å². The number of hydrogen-bond donors (Lipinski definition) is 3. The number of rotatable bonds is 5. The highest BCUT2D eigenvalue weighted by atomic mass is 19.1. The van der Waals surface area contributed by atoms with E-state index in [0.29, 0.717) is 5.69 Å². The number of nitro benzene ring substituents is 1. The van der Waals surface area contributed by atoms with E-state index in [2.05, 4.69) is 5.32 Å². The average Bonchev–Trinajstić information content (AvgIpc) is 2.27. The predicted octanol–water partition coefficient (Wildman–Crippen LogP) is 0.499. The van der Waals surface area contributed by atoms with Gasteiger partial charge in [-0.15, -0.1) is 0 Å². The summed E-state index contributed by atoms with van der Waals surface area (Å²) < 4.78 is 12.9. The zero-order valence-electron chi connectivity index (χ0n) is 8.26. The Morgan fingerprint density at radius 1 is 1.56 bits per heavy atom. The van der Waals surface area contributed by atoms with Crippen LogP contribution < -0.4 is 5.32 Å². The number of benzene rings is 1. The van der Waals surface area contributed by atoms with Gasteiger partial charge in [0.1, 0.15) is 0 Å². The lowest BCUT2D eigenvalue weighted by Gasteiger charge is -2.09. The van der Waals surface area contributed by atoms with Crippen molar-refractivity contribution in [2.75, 3.05) is 18.5 Å². The molecule has 0 saturated carbocycles. The summed E-state index contributed by atoms with van der Waals surface area (Å²) in [5.41, 5.74) is -0.330. The molecule has 1 atom stereocenters. The SMILES string of the molecule is O=[N+]([O-])c1cc(NCC(O)CO)ccc1F. The number of hydrogen-bond acceptors (Lipinski definition) is 5. The number of anilines is 1. The van der Waals surface area contributed by atoms with Gasteiger partial charge >= 0.3 is 5.69 Å². The molecule has 0 aromatic heterocycles. The zero-order chi connectivity index (χ0) is 12.1. The summed E-state index contributed by atoms with van der Waals surface area (Å²) in [4.78, 5) is 9.59. The van der Waals surface area contributed by atoms with Gasteiger partial charge in [0.05, 0.1) is 17.6 Å². The Morgan fingerprint density at radius 2 is 2.25 bits per heavy atom. The molecule has 0 aliphatic rings. The minimum absolute atomic E-state index is 0.0271. The molecule has 0 spiro atoms. The first-order valence-corrected chi connectivity index (χ1v) is 4.51. The minimum Gasteiger partial charge on any atom is -0.394 e. The lowest BCUT2D eigenvalue weighted by Crippen LogP contribution is -2.22. The van der Waals surface area contributed by atoms with Crippen LogP contribution in [0.5, 0.6) is 0 Å². The molecule has 0 amide bonds. The van der Waals surface area contributed by atoms with E-state index >= 15 is 0 Å². The number of aliphatic hydroxyl groups excluding tert-OH is 2. The van der Waals surface area contributed by atoms with Crippen LogP contribution in [0.25, 0.3) is 0 Å². The highest BCUT2D eigenvalue weighted by Crippen LogP contribution is 2.21. The summed E-state index contributed by atoms with van der Waals surface area (Å²) in [5, 5.41) is 30.6. The van der Waals surface area contributed by atoms with Crippen molar-refractivity contribution in [2.24, 2.45) is 0 Å². The van der Waals surface area contributed by atoms with Gasteiger partial charge in [0.2, 0.25) is 5.82 Å². The van der Waals surface area contributed by atoms with E-state index in [-0.39, 0.29) is 6.54 Å². The highest BCUT2D eigenvalue weighted by Gasteiger charge is 2.14. The molecule has 3 N–H and O–H groups in total. The minimum atomic E-state index is -0.968. The lowest BCUT2D eigenvalue weighted by molar-refractivity contribution is -0.387. The van der Waals surface area contributed by atoms with Crippen LogP contribution in [-0.2, 0) is 0 Å². The third kappa shape index (κ3) is 3.14. The van der Waals surface area contributed by atoms with Crippen molar-refractivity contribution in [2.45, 2.75) is 6.10 Å². The maximum Gasteiger partial charge on any atom is 0.306 e. The number of nitrogens with one attached hydrogen (secondary N) is 1. The first-order chi connectivity index (χ1) is 7.54. The number of nitro groups is 1. The summed E-state index contributed by atoms with van der Waals surface area (Å²) in [6, 6.07) is 3.30. The van der Waals surface area contributed by atoms with Gasteiger partial charge in [-0.1, -0.05) is 0 Å². The molecule has 0 aliphatic carbocycles. The third-order valence-electron chi connectivity index (χ3n) is 1.90. The molecule has 0 saturated heterocycles. The molecule has 1 aromatic rings. The molecule has 0 aliphatic heterocycles. The molecule has 0 bridgehead atoms. The summed E-state index contributed by atoms with van der Waals surface area (Å²) in [6.07, 6.45) is -0.968. The van der Waals surface area contributed by atoms with E-state index in [9.17, 15) is 14.5 Å². The van der Waals surface area contributed by atoms with Gasteiger partial charge in [-0.05, 0) is 12.1 Å². The third-order valence-corrected chi connectivity index (χ3v) is 1.90. The maximum atomic E-state index is 12.9. The molecule has 0 radical (unpaired) electrons. The molecule has 0 heterocycles. The second-order valence-corrected chi connectivity index (χ2v) is 3.14. The van der Waals surface area contributed by atoms with Gasteiger partial charge < -0.3 is 15.5 Å². The standard InChI is InChI=1S/C9H11FN2O4/c10-8-2-1-6(3-9(8)12(15)16)11-4-7(14)5-13/h1-3,7,11,13-14H,4-5H2. The van der Waals surface area contributed by atoms with Crippen LogP contribution in [0.15, 0.2) is 18.2 Å². The Bertz CT molecular complexity index is 386. The smallest absolute Gasteiger partial charge is 0.306 e. The Morgan fingerprint density at radius 3 is 2.81 bits per heavy atom. The quantitative estimate of drug-likeness (QED) is 0.505. The van der Waals surface area contributed by atoms with Crippen LogP contribution in [0.3, 0.4) is 0 Å². The number of halogens is 1. The molecule has 88 valence electrons. The van der Waals surface area contributed by atoms with Gasteiger partial charge in [0.25, 0.3) is 0 Å². The van der Waals surface area contributed by atoms with E-state index in [1.807, 2.05) is 0 Å². The Labute approximate surface area is 90.5 Å². The fraction of sp³-hybridized carbons (Fsp3) is 0.333. The number of aliphatic hydroxyl groups is 2. The van der Waals surface area contributed by atoms with Gasteiger partial charge in [-0.3, -0.25) is 10.1 Å². The fourth-order valence-electron chi connectivity index (χ4n) is 1.06. The highest BCUT2D eigenvalue weighted by molar-refractivity contribution is 5.51. The summed E-state index contributed by atoms with van der Waals surface area (Å²) >= 11 is 0. The normalized spacial score (nSPS) is 12.2. The molecular weight excluding hydrogens is 219 g/mol. The largest absolute Gasteiger partial charge is 0.394 e. The van der Waals surface area contributed by atoms with Crippen LogP contribution in [0.4, 0.5) is 15.8 Å². The lowest BCUT2D eigenvalue weighted by atomic mass is 10.2.